The first-order chi connectivity index (χ1) is 9.54. The third-order valence-electron chi connectivity index (χ3n) is 2.91. The fourth-order valence-electron chi connectivity index (χ4n) is 1.97. The van der Waals surface area contributed by atoms with E-state index in [0.717, 1.165) is 0 Å². The zero-order valence-electron chi connectivity index (χ0n) is 11.3. The predicted octanol–water partition coefficient (Wildman–Crippen LogP) is 1.43. The summed E-state index contributed by atoms with van der Waals surface area (Å²) in [5.74, 6) is -1.12. The number of nitrogens with zero attached hydrogens (tertiary/aromatic N) is 3. The first-order valence-corrected chi connectivity index (χ1v) is 6.08. The van der Waals surface area contributed by atoms with E-state index in [4.69, 9.17) is 10.5 Å². The van der Waals surface area contributed by atoms with Gasteiger partial charge < -0.3 is 15.6 Å². The van der Waals surface area contributed by atoms with Gasteiger partial charge in [-0.1, -0.05) is 17.3 Å². The number of anilines is 1. The summed E-state index contributed by atoms with van der Waals surface area (Å²) >= 11 is 0. The molecule has 1 aromatic carbocycles. The molecule has 7 heteroatoms. The van der Waals surface area contributed by atoms with Crippen LogP contribution in [0.1, 0.15) is 23.5 Å². The number of nitrogens with two attached hydrogens (primary N) is 1. The lowest BCUT2D eigenvalue weighted by molar-refractivity contribution is 0.0691. The van der Waals surface area contributed by atoms with Crippen LogP contribution in [0.2, 0.25) is 0 Å². The van der Waals surface area contributed by atoms with E-state index >= 15 is 0 Å². The van der Waals surface area contributed by atoms with Crippen LogP contribution in [-0.4, -0.2) is 39.8 Å². The van der Waals surface area contributed by atoms with Crippen LogP contribution in [0, 0.1) is 0 Å². The van der Waals surface area contributed by atoms with Gasteiger partial charge in [0.1, 0.15) is 5.69 Å². The number of carboxylic acid groups (broad SMARTS) is 1. The van der Waals surface area contributed by atoms with Gasteiger partial charge in [0.2, 0.25) is 0 Å². The standard InChI is InChI=1S/C13H16N4O3/c1-8(7-20-2)17-12(11(13(18)19)15-16-17)9-3-5-10(14)6-4-9/h3-6,8H,7,14H2,1-2H3,(H,18,19). The topological polar surface area (TPSA) is 103 Å². The molecule has 7 nitrogen and oxygen atoms in total. The molecule has 2 aromatic rings. The van der Waals surface area contributed by atoms with E-state index in [-0.39, 0.29) is 11.7 Å². The highest BCUT2D eigenvalue weighted by Crippen LogP contribution is 2.26. The zero-order valence-corrected chi connectivity index (χ0v) is 11.3. The molecule has 0 amide bonds. The van der Waals surface area contributed by atoms with Gasteiger partial charge in [-0.3, -0.25) is 0 Å². The maximum atomic E-state index is 11.3. The minimum Gasteiger partial charge on any atom is -0.476 e. The number of carboxylic acids is 1. The summed E-state index contributed by atoms with van der Waals surface area (Å²) in [7, 11) is 1.58. The van der Waals surface area contributed by atoms with E-state index in [9.17, 15) is 9.90 Å². The lowest BCUT2D eigenvalue weighted by Gasteiger charge is -2.14. The van der Waals surface area contributed by atoms with Gasteiger partial charge in [-0.2, -0.15) is 0 Å². The molecule has 0 saturated carbocycles. The van der Waals surface area contributed by atoms with Crippen molar-refractivity contribution >= 4 is 11.7 Å². The van der Waals surface area contributed by atoms with Gasteiger partial charge in [0.25, 0.3) is 0 Å². The average Bonchev–Trinajstić information content (AvgIpc) is 2.84. The van der Waals surface area contributed by atoms with Crippen molar-refractivity contribution in [1.29, 1.82) is 0 Å². The number of ether oxygens (including phenoxy) is 1. The van der Waals surface area contributed by atoms with Crippen molar-refractivity contribution in [2.24, 2.45) is 0 Å². The summed E-state index contributed by atoms with van der Waals surface area (Å²) in [5.41, 5.74) is 7.31. The fraction of sp³-hybridized carbons (Fsp3) is 0.308. The molecule has 1 atom stereocenters. The molecule has 3 N–H and O–H groups in total. The normalized spacial score (nSPS) is 12.3. The average molecular weight is 276 g/mol. The third-order valence-corrected chi connectivity index (χ3v) is 2.91. The molecule has 106 valence electrons. The molecule has 2 rings (SSSR count). The minimum absolute atomic E-state index is 0.0854. The molecule has 1 heterocycles. The minimum atomic E-state index is -1.12. The number of benzene rings is 1. The molecule has 0 radical (unpaired) electrons. The summed E-state index contributed by atoms with van der Waals surface area (Å²) in [4.78, 5) is 11.3. The Bertz CT molecular complexity index is 607. The van der Waals surface area contributed by atoms with E-state index < -0.39 is 5.97 Å². The molecule has 0 bridgehead atoms. The van der Waals surface area contributed by atoms with Gasteiger partial charge in [0.05, 0.1) is 12.6 Å². The number of carbonyl (C=O) groups is 1. The predicted molar refractivity (Wildman–Crippen MR) is 73.4 cm³/mol. The SMILES string of the molecule is COCC(C)n1nnc(C(=O)O)c1-c1ccc(N)cc1. The Morgan fingerprint density at radius 3 is 2.65 bits per heavy atom. The van der Waals surface area contributed by atoms with Crippen molar-refractivity contribution in [2.75, 3.05) is 19.5 Å². The molecule has 0 aliphatic heterocycles. The van der Waals surface area contributed by atoms with Crippen LogP contribution in [0.4, 0.5) is 5.69 Å². The number of rotatable bonds is 5. The Labute approximate surface area is 116 Å². The van der Waals surface area contributed by atoms with Gasteiger partial charge in [-0.05, 0) is 19.1 Å². The van der Waals surface area contributed by atoms with E-state index in [1.165, 1.54) is 0 Å². The molecule has 1 aromatic heterocycles. The van der Waals surface area contributed by atoms with Crippen molar-refractivity contribution in [3.63, 3.8) is 0 Å². The van der Waals surface area contributed by atoms with Crippen LogP contribution in [0.5, 0.6) is 0 Å². The number of aromatic carboxylic acids is 1. The molecule has 0 aliphatic rings. The highest BCUT2D eigenvalue weighted by atomic mass is 16.5. The molecule has 0 fully saturated rings. The summed E-state index contributed by atoms with van der Waals surface area (Å²) in [6.07, 6.45) is 0. The summed E-state index contributed by atoms with van der Waals surface area (Å²) in [6.45, 7) is 2.29. The van der Waals surface area contributed by atoms with Crippen molar-refractivity contribution in [2.45, 2.75) is 13.0 Å². The van der Waals surface area contributed by atoms with Gasteiger partial charge in [-0.15, -0.1) is 5.10 Å². The van der Waals surface area contributed by atoms with E-state index in [1.54, 1.807) is 36.1 Å². The molecule has 0 aliphatic carbocycles. The van der Waals surface area contributed by atoms with Gasteiger partial charge in [-0.25, -0.2) is 9.48 Å². The van der Waals surface area contributed by atoms with E-state index in [2.05, 4.69) is 10.3 Å². The zero-order chi connectivity index (χ0) is 14.7. The molecule has 1 unspecified atom stereocenters. The van der Waals surface area contributed by atoms with Crippen LogP contribution < -0.4 is 5.73 Å². The van der Waals surface area contributed by atoms with Gasteiger partial charge in [0.15, 0.2) is 5.69 Å². The number of aromatic nitrogens is 3. The number of hydrogen-bond acceptors (Lipinski definition) is 5. The summed E-state index contributed by atoms with van der Waals surface area (Å²) < 4.78 is 6.64. The maximum absolute atomic E-state index is 11.3. The van der Waals surface area contributed by atoms with Crippen molar-refractivity contribution in [1.82, 2.24) is 15.0 Å². The van der Waals surface area contributed by atoms with E-state index in [0.29, 0.717) is 23.6 Å². The van der Waals surface area contributed by atoms with Gasteiger partial charge in [0, 0.05) is 18.4 Å². The van der Waals surface area contributed by atoms with Crippen molar-refractivity contribution < 1.29 is 14.6 Å². The Morgan fingerprint density at radius 2 is 2.10 bits per heavy atom. The smallest absolute Gasteiger partial charge is 0.358 e. The van der Waals surface area contributed by atoms with Crippen LogP contribution in [0.25, 0.3) is 11.3 Å². The second-order valence-electron chi connectivity index (χ2n) is 4.46. The monoisotopic (exact) mass is 276 g/mol. The Morgan fingerprint density at radius 1 is 1.45 bits per heavy atom. The van der Waals surface area contributed by atoms with Gasteiger partial charge >= 0.3 is 5.97 Å². The van der Waals surface area contributed by atoms with Crippen LogP contribution in [0.15, 0.2) is 24.3 Å². The summed E-state index contributed by atoms with van der Waals surface area (Å²) in [5, 5.41) is 16.9. The highest BCUT2D eigenvalue weighted by molar-refractivity contribution is 5.92. The molecular formula is C13H16N4O3. The highest BCUT2D eigenvalue weighted by Gasteiger charge is 2.23. The molecule has 0 saturated heterocycles. The Kier molecular flexibility index (Phi) is 3.99. The second-order valence-corrected chi connectivity index (χ2v) is 4.46. The lowest BCUT2D eigenvalue weighted by Crippen LogP contribution is -2.14. The van der Waals surface area contributed by atoms with Crippen LogP contribution >= 0.6 is 0 Å². The first-order valence-electron chi connectivity index (χ1n) is 6.08. The quantitative estimate of drug-likeness (QED) is 0.801. The summed E-state index contributed by atoms with van der Waals surface area (Å²) in [6, 6.07) is 6.78. The molecular weight excluding hydrogens is 260 g/mol. The number of nitrogen functional groups attached to an aromatic ring is 1. The van der Waals surface area contributed by atoms with E-state index in [1.807, 2.05) is 6.92 Å². The fourth-order valence-corrected chi connectivity index (χ4v) is 1.97. The maximum Gasteiger partial charge on any atom is 0.358 e. The first kappa shape index (κ1) is 14.0. The number of hydrogen-bond donors (Lipinski definition) is 2. The Balaban J connectivity index is 2.55. The van der Waals surface area contributed by atoms with Crippen molar-refractivity contribution in [3.05, 3.63) is 30.0 Å². The molecule has 20 heavy (non-hydrogen) atoms. The Hall–Kier alpha value is -2.41. The second kappa shape index (κ2) is 5.70. The van der Waals surface area contributed by atoms with Crippen LogP contribution in [0.3, 0.4) is 0 Å². The number of methoxy groups -OCH3 is 1. The lowest BCUT2D eigenvalue weighted by atomic mass is 10.1. The van der Waals surface area contributed by atoms with Crippen LogP contribution in [-0.2, 0) is 4.74 Å². The van der Waals surface area contributed by atoms with Crippen molar-refractivity contribution in [3.8, 4) is 11.3 Å². The third kappa shape index (κ3) is 2.62. The largest absolute Gasteiger partial charge is 0.476 e. The molecule has 0 spiro atoms.